The predicted octanol–water partition coefficient (Wildman–Crippen LogP) is 3.86. The summed E-state index contributed by atoms with van der Waals surface area (Å²) in [4.78, 5) is 11.3. The fourth-order valence-electron chi connectivity index (χ4n) is 1.85. The number of alkyl halides is 9. The molecule has 0 aromatic heterocycles. The zero-order valence-electron chi connectivity index (χ0n) is 12.3. The number of benzene rings is 1. The summed E-state index contributed by atoms with van der Waals surface area (Å²) in [5, 5.41) is 1.16. The molecule has 26 heavy (non-hydrogen) atoms. The molecule has 0 atom stereocenters. The molecule has 146 valence electrons. The number of hydrogen-bond donors (Lipinski definition) is 1. The number of carbonyl (C=O) groups is 1. The van der Waals surface area contributed by atoms with Crippen LogP contribution in [0, 0.1) is 0 Å². The molecule has 1 aromatic carbocycles. The summed E-state index contributed by atoms with van der Waals surface area (Å²) >= 11 is 0. The zero-order chi connectivity index (χ0) is 20.0. The van der Waals surface area contributed by atoms with Crippen molar-refractivity contribution in [2.75, 3.05) is 18.5 Å². The Labute approximate surface area is 138 Å². The average Bonchev–Trinajstić information content (AvgIpc) is 2.53. The lowest BCUT2D eigenvalue weighted by Crippen LogP contribution is -2.64. The second-order valence-electron chi connectivity index (χ2n) is 5.03. The number of rotatable bonds is 4. The van der Waals surface area contributed by atoms with Crippen LogP contribution in [0.2, 0.25) is 0 Å². The van der Waals surface area contributed by atoms with Crippen molar-refractivity contribution in [1.29, 1.82) is 0 Å². The summed E-state index contributed by atoms with van der Waals surface area (Å²) in [6, 6.07) is 2.81. The second-order valence-corrected chi connectivity index (χ2v) is 5.03. The van der Waals surface area contributed by atoms with Crippen LogP contribution in [-0.2, 0) is 4.79 Å². The summed E-state index contributed by atoms with van der Waals surface area (Å²) in [6.07, 6.45) is -7.00. The highest BCUT2D eigenvalue weighted by Gasteiger charge is 2.83. The smallest absolute Gasteiger partial charge is 0.460 e. The Balaban J connectivity index is 2.27. The van der Waals surface area contributed by atoms with Crippen molar-refractivity contribution in [1.82, 2.24) is 0 Å². The molecule has 0 saturated carbocycles. The Morgan fingerprint density at radius 2 is 1.38 bits per heavy atom. The van der Waals surface area contributed by atoms with Crippen molar-refractivity contribution in [3.8, 4) is 11.5 Å². The number of carbonyl (C=O) groups excluding carboxylic acids is 1. The van der Waals surface area contributed by atoms with E-state index >= 15 is 0 Å². The minimum atomic E-state index is -7.15. The zero-order valence-corrected chi connectivity index (χ0v) is 12.3. The van der Waals surface area contributed by atoms with Gasteiger partial charge in [0.2, 0.25) is 0 Å². The number of fused-ring (bicyclic) bond motifs is 1. The van der Waals surface area contributed by atoms with Gasteiger partial charge >= 0.3 is 29.9 Å². The molecule has 2 rings (SSSR count). The molecule has 0 unspecified atom stereocenters. The molecule has 13 heteroatoms. The van der Waals surface area contributed by atoms with Gasteiger partial charge in [-0.25, -0.2) is 0 Å². The number of nitrogens with one attached hydrogen (secondary N) is 1. The van der Waals surface area contributed by atoms with Gasteiger partial charge in [0, 0.05) is 11.8 Å². The summed E-state index contributed by atoms with van der Waals surface area (Å²) < 4.78 is 125. The van der Waals surface area contributed by atoms with Gasteiger partial charge in [0.05, 0.1) is 0 Å². The number of halogens is 9. The van der Waals surface area contributed by atoms with Crippen LogP contribution < -0.4 is 14.8 Å². The molecule has 0 bridgehead atoms. The van der Waals surface area contributed by atoms with Crippen molar-refractivity contribution >= 4 is 11.6 Å². The van der Waals surface area contributed by atoms with Crippen LogP contribution in [0.25, 0.3) is 0 Å². The van der Waals surface area contributed by atoms with Crippen LogP contribution in [0.5, 0.6) is 11.5 Å². The largest absolute Gasteiger partial charge is 0.486 e. The van der Waals surface area contributed by atoms with E-state index in [9.17, 15) is 44.3 Å². The number of hydrogen-bond acceptors (Lipinski definition) is 3. The van der Waals surface area contributed by atoms with Gasteiger partial charge in [0.25, 0.3) is 0 Å². The average molecular weight is 397 g/mol. The third-order valence-corrected chi connectivity index (χ3v) is 3.23. The number of amides is 1. The van der Waals surface area contributed by atoms with Gasteiger partial charge in [-0.1, -0.05) is 0 Å². The lowest BCUT2D eigenvalue weighted by molar-refractivity contribution is -0.388. The van der Waals surface area contributed by atoms with E-state index in [4.69, 9.17) is 9.47 Å². The van der Waals surface area contributed by atoms with E-state index in [2.05, 4.69) is 0 Å². The van der Waals surface area contributed by atoms with E-state index in [1.807, 2.05) is 0 Å². The normalized spacial score (nSPS) is 15.6. The summed E-state index contributed by atoms with van der Waals surface area (Å²) in [6.45, 7) is 0.186. The van der Waals surface area contributed by atoms with E-state index < -0.39 is 35.5 Å². The fourth-order valence-corrected chi connectivity index (χ4v) is 1.85. The van der Waals surface area contributed by atoms with Crippen LogP contribution in [0.1, 0.15) is 0 Å². The monoisotopic (exact) mass is 397 g/mol. The third kappa shape index (κ3) is 3.09. The molecular formula is C13H8F9NO3. The molecular weight excluding hydrogens is 389 g/mol. The van der Waals surface area contributed by atoms with Crippen LogP contribution in [0.4, 0.5) is 45.2 Å². The highest BCUT2D eigenvalue weighted by Crippen LogP contribution is 2.53. The third-order valence-electron chi connectivity index (χ3n) is 3.23. The molecule has 4 nitrogen and oxygen atoms in total. The highest BCUT2D eigenvalue weighted by atomic mass is 19.4. The highest BCUT2D eigenvalue weighted by molar-refractivity contribution is 5.97. The van der Waals surface area contributed by atoms with E-state index in [0.29, 0.717) is 0 Å². The quantitative estimate of drug-likeness (QED) is 0.785. The lowest BCUT2D eigenvalue weighted by atomic mass is 10.0. The predicted molar refractivity (Wildman–Crippen MR) is 67.0 cm³/mol. The van der Waals surface area contributed by atoms with E-state index in [0.717, 1.165) is 23.5 Å². The standard InChI is InChI=1S/C13H8F9NO3/c14-10(15,11(16,17)12(18,19)13(20,21)22)9(24)23-6-1-2-7-8(5-6)26-4-3-25-7/h1-2,5H,3-4H2,(H,23,24). The van der Waals surface area contributed by atoms with Crippen LogP contribution in [0.15, 0.2) is 18.2 Å². The lowest BCUT2D eigenvalue weighted by Gasteiger charge is -2.32. The first-order chi connectivity index (χ1) is 11.7. The molecule has 1 amide bonds. The summed E-state index contributed by atoms with van der Waals surface area (Å²) in [5.74, 6) is -23.6. The first kappa shape index (κ1) is 20.0. The van der Waals surface area contributed by atoms with Crippen molar-refractivity contribution in [2.24, 2.45) is 0 Å². The molecule has 0 saturated heterocycles. The minimum absolute atomic E-state index is 0.0381. The molecule has 1 aliphatic heterocycles. The maximum Gasteiger partial charge on any atom is 0.460 e. The maximum atomic E-state index is 13.4. The van der Waals surface area contributed by atoms with Gasteiger partial charge in [-0.15, -0.1) is 0 Å². The van der Waals surface area contributed by atoms with E-state index in [1.165, 1.54) is 0 Å². The van der Waals surface area contributed by atoms with Gasteiger partial charge in [-0.05, 0) is 12.1 Å². The van der Waals surface area contributed by atoms with Gasteiger partial charge in [-0.3, -0.25) is 4.79 Å². The van der Waals surface area contributed by atoms with Crippen LogP contribution >= 0.6 is 0 Å². The Kier molecular flexibility index (Phi) is 4.71. The van der Waals surface area contributed by atoms with Gasteiger partial charge in [0.1, 0.15) is 13.2 Å². The van der Waals surface area contributed by atoms with Crippen molar-refractivity contribution < 1.29 is 53.8 Å². The molecule has 1 N–H and O–H groups in total. The maximum absolute atomic E-state index is 13.4. The van der Waals surface area contributed by atoms with Gasteiger partial charge in [-0.2, -0.15) is 39.5 Å². The molecule has 0 radical (unpaired) electrons. The molecule has 0 aliphatic carbocycles. The fraction of sp³-hybridized carbons (Fsp3) is 0.462. The molecule has 0 spiro atoms. The Morgan fingerprint density at radius 1 is 0.846 bits per heavy atom. The summed E-state index contributed by atoms with van der Waals surface area (Å²) in [5.41, 5.74) is -0.606. The van der Waals surface area contributed by atoms with Crippen molar-refractivity contribution in [2.45, 2.75) is 23.9 Å². The first-order valence-electron chi connectivity index (χ1n) is 6.63. The Morgan fingerprint density at radius 3 is 1.92 bits per heavy atom. The van der Waals surface area contributed by atoms with E-state index in [-0.39, 0.29) is 24.7 Å². The van der Waals surface area contributed by atoms with Gasteiger partial charge < -0.3 is 14.8 Å². The van der Waals surface area contributed by atoms with E-state index in [1.54, 1.807) is 0 Å². The summed E-state index contributed by atoms with van der Waals surface area (Å²) in [7, 11) is 0. The first-order valence-corrected chi connectivity index (χ1v) is 6.63. The molecule has 1 aliphatic rings. The SMILES string of the molecule is O=C(Nc1ccc2c(c1)OCCO2)C(F)(F)C(F)(F)C(F)(F)C(F)(F)F. The Bertz CT molecular complexity index is 703. The number of anilines is 1. The minimum Gasteiger partial charge on any atom is -0.486 e. The Hall–Kier alpha value is -2.34. The molecule has 1 aromatic rings. The second kappa shape index (κ2) is 6.13. The molecule has 1 heterocycles. The van der Waals surface area contributed by atoms with Crippen LogP contribution in [0.3, 0.4) is 0 Å². The van der Waals surface area contributed by atoms with Crippen molar-refractivity contribution in [3.05, 3.63) is 18.2 Å². The van der Waals surface area contributed by atoms with Gasteiger partial charge in [0.15, 0.2) is 11.5 Å². The topological polar surface area (TPSA) is 47.6 Å². The molecule has 0 fully saturated rings. The van der Waals surface area contributed by atoms with Crippen LogP contribution in [-0.4, -0.2) is 43.1 Å². The van der Waals surface area contributed by atoms with Crippen molar-refractivity contribution in [3.63, 3.8) is 0 Å². The number of ether oxygens (including phenoxy) is 2.